The van der Waals surface area contributed by atoms with Gasteiger partial charge in [0.1, 0.15) is 17.9 Å². The Morgan fingerprint density at radius 3 is 2.76 bits per heavy atom. The summed E-state index contributed by atoms with van der Waals surface area (Å²) in [7, 11) is 0. The third-order valence-electron chi connectivity index (χ3n) is 4.47. The molecule has 1 saturated heterocycles. The second kappa shape index (κ2) is 9.34. The van der Waals surface area contributed by atoms with E-state index in [9.17, 15) is 19.5 Å². The fourth-order valence-electron chi connectivity index (χ4n) is 2.96. The lowest BCUT2D eigenvalue weighted by molar-refractivity contribution is -0.120. The van der Waals surface area contributed by atoms with Crippen LogP contribution in [-0.4, -0.2) is 51.0 Å². The molecule has 0 spiro atoms. The average molecular weight is 399 g/mol. The van der Waals surface area contributed by atoms with Gasteiger partial charge in [-0.1, -0.05) is 42.2 Å². The van der Waals surface area contributed by atoms with E-state index in [0.29, 0.717) is 0 Å². The Labute approximate surface area is 166 Å². The van der Waals surface area contributed by atoms with Crippen LogP contribution in [0.5, 0.6) is 0 Å². The average Bonchev–Trinajstić information content (AvgIpc) is 3.07. The Bertz CT molecular complexity index is 1030. The Balaban J connectivity index is 1.65. The first kappa shape index (κ1) is 20.5. The monoisotopic (exact) mass is 399 g/mol. The highest BCUT2D eigenvalue weighted by atomic mass is 16.5. The minimum Gasteiger partial charge on any atom is -0.394 e. The number of H-pyrrole nitrogens is 1. The van der Waals surface area contributed by atoms with Gasteiger partial charge in [0, 0.05) is 12.6 Å². The molecule has 0 aliphatic carbocycles. The minimum absolute atomic E-state index is 0.0208. The third-order valence-corrected chi connectivity index (χ3v) is 4.47. The van der Waals surface area contributed by atoms with Crippen LogP contribution in [-0.2, 0) is 16.0 Å². The summed E-state index contributed by atoms with van der Waals surface area (Å²) < 4.78 is 6.56. The summed E-state index contributed by atoms with van der Waals surface area (Å²) in [5.41, 5.74) is -0.465. The number of nitrogens with one attached hydrogen (secondary N) is 2. The number of hydrogen-bond donors (Lipinski definition) is 4. The molecule has 4 N–H and O–H groups in total. The van der Waals surface area contributed by atoms with E-state index in [1.54, 1.807) is 0 Å². The highest BCUT2D eigenvalue weighted by molar-refractivity contribution is 5.78. The van der Waals surface area contributed by atoms with Crippen LogP contribution in [0.2, 0.25) is 0 Å². The van der Waals surface area contributed by atoms with Gasteiger partial charge in [-0.05, 0) is 5.56 Å². The van der Waals surface area contributed by atoms with Crippen LogP contribution in [0.25, 0.3) is 0 Å². The van der Waals surface area contributed by atoms with E-state index in [4.69, 9.17) is 9.84 Å². The molecular formula is C20H21N3O6. The van der Waals surface area contributed by atoms with Crippen LogP contribution in [0, 0.1) is 11.8 Å². The number of rotatable bonds is 5. The number of ether oxygens (including phenoxy) is 1. The van der Waals surface area contributed by atoms with Gasteiger partial charge in [0.05, 0.1) is 25.7 Å². The molecule has 1 aromatic carbocycles. The van der Waals surface area contributed by atoms with Crippen LogP contribution in [0.3, 0.4) is 0 Å². The molecule has 152 valence electrons. The number of carbonyl (C=O) groups excluding carboxylic acids is 1. The molecule has 1 aliphatic rings. The van der Waals surface area contributed by atoms with E-state index in [2.05, 4.69) is 22.1 Å². The highest BCUT2D eigenvalue weighted by Crippen LogP contribution is 2.27. The lowest BCUT2D eigenvalue weighted by Gasteiger charge is -2.14. The van der Waals surface area contributed by atoms with Gasteiger partial charge in [0.15, 0.2) is 0 Å². The summed E-state index contributed by atoms with van der Waals surface area (Å²) in [6.07, 6.45) is -0.970. The van der Waals surface area contributed by atoms with E-state index in [-0.39, 0.29) is 37.5 Å². The number of aromatic amines is 1. The summed E-state index contributed by atoms with van der Waals surface area (Å²) >= 11 is 0. The molecule has 1 aromatic heterocycles. The van der Waals surface area contributed by atoms with E-state index < -0.39 is 29.7 Å². The van der Waals surface area contributed by atoms with Gasteiger partial charge in [-0.3, -0.25) is 19.1 Å². The van der Waals surface area contributed by atoms with Crippen molar-refractivity contribution in [2.45, 2.75) is 31.3 Å². The smallest absolute Gasteiger partial charge is 0.330 e. The molecular weight excluding hydrogens is 378 g/mol. The predicted octanol–water partition coefficient (Wildman–Crippen LogP) is -1.11. The molecule has 29 heavy (non-hydrogen) atoms. The molecule has 1 aliphatic heterocycles. The number of aliphatic hydroxyl groups is 2. The van der Waals surface area contributed by atoms with Crippen LogP contribution in [0.1, 0.15) is 23.8 Å². The molecule has 2 heterocycles. The quantitative estimate of drug-likeness (QED) is 0.471. The number of hydrogen-bond acceptors (Lipinski definition) is 6. The number of benzene rings is 1. The third kappa shape index (κ3) is 5.20. The summed E-state index contributed by atoms with van der Waals surface area (Å²) in [5, 5.41) is 21.6. The zero-order valence-electron chi connectivity index (χ0n) is 15.5. The van der Waals surface area contributed by atoms with Crippen LogP contribution < -0.4 is 16.6 Å². The second-order valence-electron chi connectivity index (χ2n) is 6.57. The van der Waals surface area contributed by atoms with Crippen molar-refractivity contribution in [3.63, 3.8) is 0 Å². The highest BCUT2D eigenvalue weighted by Gasteiger charge is 2.35. The van der Waals surface area contributed by atoms with Crippen molar-refractivity contribution in [2.75, 3.05) is 13.2 Å². The first-order valence-corrected chi connectivity index (χ1v) is 9.07. The topological polar surface area (TPSA) is 134 Å². The van der Waals surface area contributed by atoms with Gasteiger partial charge in [0.2, 0.25) is 5.91 Å². The first-order chi connectivity index (χ1) is 14.0. The van der Waals surface area contributed by atoms with Gasteiger partial charge < -0.3 is 20.3 Å². The van der Waals surface area contributed by atoms with Gasteiger partial charge in [-0.15, -0.1) is 0 Å². The molecule has 3 rings (SSSR count). The molecule has 1 fully saturated rings. The van der Waals surface area contributed by atoms with Crippen molar-refractivity contribution >= 4 is 5.91 Å². The van der Waals surface area contributed by atoms with E-state index >= 15 is 0 Å². The molecule has 0 bridgehead atoms. The summed E-state index contributed by atoms with van der Waals surface area (Å²) in [5.74, 6) is 5.10. The number of amides is 1. The Hall–Kier alpha value is -3.19. The van der Waals surface area contributed by atoms with E-state index in [1.165, 1.54) is 6.20 Å². The molecule has 0 radical (unpaired) electrons. The predicted molar refractivity (Wildman–Crippen MR) is 103 cm³/mol. The maximum absolute atomic E-state index is 12.1. The van der Waals surface area contributed by atoms with E-state index in [0.717, 1.165) is 10.1 Å². The fourth-order valence-corrected chi connectivity index (χ4v) is 2.96. The molecule has 9 heteroatoms. The minimum atomic E-state index is -0.918. The summed E-state index contributed by atoms with van der Waals surface area (Å²) in [4.78, 5) is 38.1. The Kier molecular flexibility index (Phi) is 6.61. The molecule has 0 saturated carbocycles. The lowest BCUT2D eigenvalue weighted by Crippen LogP contribution is -2.33. The molecule has 3 atom stereocenters. The number of carbonyl (C=O) groups is 1. The summed E-state index contributed by atoms with van der Waals surface area (Å²) in [6.45, 7) is -0.347. The van der Waals surface area contributed by atoms with Crippen LogP contribution >= 0.6 is 0 Å². The Morgan fingerprint density at radius 2 is 2.07 bits per heavy atom. The molecule has 1 amide bonds. The Morgan fingerprint density at radius 1 is 1.31 bits per heavy atom. The largest absolute Gasteiger partial charge is 0.394 e. The van der Waals surface area contributed by atoms with Crippen molar-refractivity contribution < 1.29 is 19.7 Å². The van der Waals surface area contributed by atoms with Gasteiger partial charge in [0.25, 0.3) is 5.56 Å². The number of aliphatic hydroxyl groups excluding tert-OH is 2. The molecule has 0 unspecified atom stereocenters. The zero-order chi connectivity index (χ0) is 20.8. The fraction of sp³-hybridized carbons (Fsp3) is 0.350. The van der Waals surface area contributed by atoms with E-state index in [1.807, 2.05) is 30.3 Å². The maximum atomic E-state index is 12.1. The van der Waals surface area contributed by atoms with Crippen molar-refractivity contribution in [3.8, 4) is 11.8 Å². The number of nitrogens with zero attached hydrogens (tertiary/aromatic N) is 1. The molecule has 2 aromatic rings. The SMILES string of the molecule is O=C(Cc1ccccc1)NCC#Cc1cn([C@H]2C[C@H](O)[C@@H](CO)O2)c(=O)[nH]c1=O. The zero-order valence-corrected chi connectivity index (χ0v) is 15.5. The van der Waals surface area contributed by atoms with Gasteiger partial charge in [-0.25, -0.2) is 4.79 Å². The normalized spacial score (nSPS) is 20.7. The first-order valence-electron chi connectivity index (χ1n) is 9.07. The standard InChI is InChI=1S/C20H21N3O6/c24-12-16-15(25)10-18(29-16)23-11-14(19(27)22-20(23)28)7-4-8-21-17(26)9-13-5-2-1-3-6-13/h1-3,5-6,11,15-16,18,24-25H,8-10,12H2,(H,21,26)(H,22,27,28)/t15-,16+,18+/m0/s1. The second-order valence-corrected chi connectivity index (χ2v) is 6.57. The van der Waals surface area contributed by atoms with Gasteiger partial charge in [-0.2, -0.15) is 0 Å². The maximum Gasteiger partial charge on any atom is 0.330 e. The lowest BCUT2D eigenvalue weighted by atomic mass is 10.1. The van der Waals surface area contributed by atoms with Crippen LogP contribution in [0.15, 0.2) is 46.1 Å². The van der Waals surface area contributed by atoms with Crippen LogP contribution in [0.4, 0.5) is 0 Å². The van der Waals surface area contributed by atoms with Gasteiger partial charge >= 0.3 is 5.69 Å². The van der Waals surface area contributed by atoms with Crippen molar-refractivity contribution in [1.82, 2.24) is 14.9 Å². The molecule has 9 nitrogen and oxygen atoms in total. The summed E-state index contributed by atoms with van der Waals surface area (Å²) in [6, 6.07) is 9.25. The van der Waals surface area contributed by atoms with Crippen molar-refractivity contribution in [1.29, 1.82) is 0 Å². The van der Waals surface area contributed by atoms with Crippen molar-refractivity contribution in [3.05, 3.63) is 68.5 Å². The van der Waals surface area contributed by atoms with Crippen molar-refractivity contribution in [2.24, 2.45) is 0 Å². The number of aromatic nitrogens is 2.